The van der Waals surface area contributed by atoms with E-state index in [4.69, 9.17) is 6.42 Å². The molecule has 0 aromatic carbocycles. The van der Waals surface area contributed by atoms with Gasteiger partial charge >= 0.3 is 0 Å². The summed E-state index contributed by atoms with van der Waals surface area (Å²) in [6, 6.07) is 0. The molecule has 0 unspecified atom stereocenters. The molecule has 2 amide bonds. The first-order chi connectivity index (χ1) is 15.1. The lowest BCUT2D eigenvalue weighted by Gasteiger charge is -2.34. The zero-order valence-corrected chi connectivity index (χ0v) is 19.7. The Morgan fingerprint density at radius 3 is 2.71 bits per heavy atom. The molecule has 1 aliphatic carbocycles. The van der Waals surface area contributed by atoms with Gasteiger partial charge < -0.3 is 4.90 Å². The van der Waals surface area contributed by atoms with Gasteiger partial charge in [0.25, 0.3) is 5.91 Å². The van der Waals surface area contributed by atoms with E-state index < -0.39 is 0 Å². The first-order valence-corrected chi connectivity index (χ1v) is 13.3. The fourth-order valence-corrected chi connectivity index (χ4v) is 6.52. The molecule has 2 aromatic heterocycles. The summed E-state index contributed by atoms with van der Waals surface area (Å²) in [6.07, 6.45) is 12.8. The van der Waals surface area contributed by atoms with Crippen LogP contribution in [0.15, 0.2) is 9.72 Å². The third-order valence-corrected chi connectivity index (χ3v) is 8.65. The summed E-state index contributed by atoms with van der Waals surface area (Å²) < 4.78 is 0.724. The monoisotopic (exact) mass is 475 g/mol. The van der Waals surface area contributed by atoms with E-state index in [0.717, 1.165) is 48.1 Å². The second-order valence-corrected chi connectivity index (χ2v) is 10.9. The van der Waals surface area contributed by atoms with Crippen molar-refractivity contribution in [2.24, 2.45) is 5.92 Å². The highest BCUT2D eigenvalue weighted by molar-refractivity contribution is 8.01. The van der Waals surface area contributed by atoms with E-state index >= 15 is 0 Å². The fourth-order valence-electron chi connectivity index (χ4n) is 4.12. The van der Waals surface area contributed by atoms with Crippen molar-refractivity contribution in [2.75, 3.05) is 24.2 Å². The Morgan fingerprint density at radius 2 is 1.97 bits per heavy atom. The van der Waals surface area contributed by atoms with Crippen LogP contribution in [0.2, 0.25) is 0 Å². The lowest BCUT2D eigenvalue weighted by atomic mass is 9.87. The van der Waals surface area contributed by atoms with E-state index in [1.54, 1.807) is 5.38 Å². The quantitative estimate of drug-likeness (QED) is 0.382. The van der Waals surface area contributed by atoms with Crippen LogP contribution in [0.25, 0.3) is 0 Å². The van der Waals surface area contributed by atoms with Crippen molar-refractivity contribution in [2.45, 2.75) is 55.2 Å². The predicted molar refractivity (Wildman–Crippen MR) is 125 cm³/mol. The van der Waals surface area contributed by atoms with Crippen LogP contribution in [0.1, 0.15) is 66.4 Å². The van der Waals surface area contributed by atoms with Gasteiger partial charge in [-0.05, 0) is 25.7 Å². The Balaban J connectivity index is 1.29. The van der Waals surface area contributed by atoms with E-state index in [1.807, 2.05) is 4.90 Å². The van der Waals surface area contributed by atoms with Crippen molar-refractivity contribution < 1.29 is 9.59 Å². The summed E-state index contributed by atoms with van der Waals surface area (Å²) in [5, 5.41) is 13.9. The molecule has 2 aromatic rings. The average Bonchev–Trinajstić information content (AvgIpc) is 3.48. The molecular formula is C21H25N5O2S3. The first kappa shape index (κ1) is 22.2. The number of carbonyl (C=O) groups excluding carboxylic acids is 2. The van der Waals surface area contributed by atoms with Crippen LogP contribution < -0.4 is 5.32 Å². The molecule has 0 spiro atoms. The lowest BCUT2D eigenvalue weighted by molar-refractivity contribution is -0.137. The minimum atomic E-state index is -0.280. The second kappa shape index (κ2) is 10.6. The Hall–Kier alpha value is -1.96. The molecule has 2 aliphatic rings. The number of rotatable bonds is 6. The fraction of sp³-hybridized carbons (Fsp3) is 0.571. The number of carbonyl (C=O) groups is 2. The third kappa shape index (κ3) is 5.64. The average molecular weight is 476 g/mol. The summed E-state index contributed by atoms with van der Waals surface area (Å²) >= 11 is 4.23. The zero-order chi connectivity index (χ0) is 21.6. The van der Waals surface area contributed by atoms with Crippen LogP contribution in [-0.4, -0.2) is 50.7 Å². The maximum Gasteiger partial charge on any atom is 0.276 e. The molecule has 2 fully saturated rings. The zero-order valence-electron chi connectivity index (χ0n) is 17.2. The molecule has 1 N–H and O–H groups in total. The van der Waals surface area contributed by atoms with Crippen molar-refractivity contribution >= 4 is 51.4 Å². The molecule has 1 saturated heterocycles. The number of hydrogen-bond acceptors (Lipinski definition) is 8. The molecule has 1 saturated carbocycles. The molecule has 4 rings (SSSR count). The van der Waals surface area contributed by atoms with E-state index in [0.29, 0.717) is 28.4 Å². The number of terminal acetylenes is 1. The van der Waals surface area contributed by atoms with Crippen LogP contribution in [-0.2, 0) is 4.79 Å². The number of thiazole rings is 1. The number of thioether (sulfide) groups is 1. The predicted octanol–water partition coefficient (Wildman–Crippen LogP) is 4.26. The van der Waals surface area contributed by atoms with Gasteiger partial charge in [0, 0.05) is 30.3 Å². The Morgan fingerprint density at radius 1 is 1.19 bits per heavy atom. The maximum absolute atomic E-state index is 12.8. The van der Waals surface area contributed by atoms with E-state index in [9.17, 15) is 9.59 Å². The number of likely N-dealkylation sites (tertiary alicyclic amines) is 1. The molecule has 0 radical (unpaired) electrons. The van der Waals surface area contributed by atoms with Gasteiger partial charge in [0.1, 0.15) is 5.69 Å². The van der Waals surface area contributed by atoms with Gasteiger partial charge in [-0.25, -0.2) is 4.98 Å². The van der Waals surface area contributed by atoms with E-state index in [-0.39, 0.29) is 11.8 Å². The van der Waals surface area contributed by atoms with Gasteiger partial charge in [0.15, 0.2) is 4.34 Å². The van der Waals surface area contributed by atoms with E-state index in [2.05, 4.69) is 26.4 Å². The molecule has 0 atom stereocenters. The Labute approximate surface area is 194 Å². The summed E-state index contributed by atoms with van der Waals surface area (Å²) in [5.74, 6) is 3.64. The molecule has 31 heavy (non-hydrogen) atoms. The number of amides is 2. The largest absolute Gasteiger partial charge is 0.342 e. The number of aromatic nitrogens is 3. The summed E-state index contributed by atoms with van der Waals surface area (Å²) in [4.78, 5) is 31.9. The van der Waals surface area contributed by atoms with Gasteiger partial charge in [0.2, 0.25) is 11.0 Å². The summed E-state index contributed by atoms with van der Waals surface area (Å²) in [7, 11) is 0. The molecule has 10 heteroatoms. The first-order valence-electron chi connectivity index (χ1n) is 10.6. The highest BCUT2D eigenvalue weighted by atomic mass is 32.2. The van der Waals surface area contributed by atoms with Crippen molar-refractivity contribution in [3.8, 4) is 12.3 Å². The van der Waals surface area contributed by atoms with Gasteiger partial charge in [-0.3, -0.25) is 14.9 Å². The van der Waals surface area contributed by atoms with Crippen LogP contribution in [0, 0.1) is 18.3 Å². The van der Waals surface area contributed by atoms with Crippen LogP contribution in [0.3, 0.4) is 0 Å². The Bertz CT molecular complexity index is 952. The SMILES string of the molecule is C#CCSc1nnc(NC(=O)c2csc(C3CCN(C(=O)C4CCCCC4)CC3)n2)s1. The van der Waals surface area contributed by atoms with Gasteiger partial charge in [-0.1, -0.05) is 48.3 Å². The molecule has 164 valence electrons. The smallest absolute Gasteiger partial charge is 0.276 e. The van der Waals surface area contributed by atoms with Crippen molar-refractivity contribution in [1.82, 2.24) is 20.1 Å². The van der Waals surface area contributed by atoms with Gasteiger partial charge in [-0.15, -0.1) is 28.0 Å². The third-order valence-electron chi connectivity index (χ3n) is 5.77. The minimum Gasteiger partial charge on any atom is -0.342 e. The highest BCUT2D eigenvalue weighted by Crippen LogP contribution is 2.33. The Kier molecular flexibility index (Phi) is 7.58. The number of nitrogens with one attached hydrogen (secondary N) is 1. The van der Waals surface area contributed by atoms with Crippen molar-refractivity contribution in [3.05, 3.63) is 16.1 Å². The number of hydrogen-bond donors (Lipinski definition) is 1. The normalized spacial score (nSPS) is 18.0. The number of piperidine rings is 1. The molecular weight excluding hydrogens is 450 g/mol. The van der Waals surface area contributed by atoms with Crippen molar-refractivity contribution in [1.29, 1.82) is 0 Å². The highest BCUT2D eigenvalue weighted by Gasteiger charge is 2.30. The number of anilines is 1. The lowest BCUT2D eigenvalue weighted by Crippen LogP contribution is -2.41. The summed E-state index contributed by atoms with van der Waals surface area (Å²) in [5.41, 5.74) is 0.397. The topological polar surface area (TPSA) is 88.1 Å². The summed E-state index contributed by atoms with van der Waals surface area (Å²) in [6.45, 7) is 1.56. The van der Waals surface area contributed by atoms with Crippen molar-refractivity contribution in [3.63, 3.8) is 0 Å². The minimum absolute atomic E-state index is 0.228. The molecule has 1 aliphatic heterocycles. The second-order valence-electron chi connectivity index (χ2n) is 7.83. The molecule has 7 nitrogen and oxygen atoms in total. The van der Waals surface area contributed by atoms with Crippen LogP contribution in [0.4, 0.5) is 5.13 Å². The van der Waals surface area contributed by atoms with Gasteiger partial charge in [0.05, 0.1) is 10.8 Å². The van der Waals surface area contributed by atoms with E-state index in [1.165, 1.54) is 53.7 Å². The maximum atomic E-state index is 12.8. The molecule has 3 heterocycles. The van der Waals surface area contributed by atoms with Gasteiger partial charge in [-0.2, -0.15) is 0 Å². The van der Waals surface area contributed by atoms with Crippen LogP contribution >= 0.6 is 34.4 Å². The van der Waals surface area contributed by atoms with Crippen LogP contribution in [0.5, 0.6) is 0 Å². The molecule has 0 bridgehead atoms. The standard InChI is InChI=1S/C21H25N5O2S3/c1-2-12-29-21-25-24-20(31-21)23-17(27)16-13-30-18(22-16)14-8-10-26(11-9-14)19(28)15-6-4-3-5-7-15/h1,13-15H,3-12H2,(H,23,24,27). The number of nitrogens with zero attached hydrogens (tertiary/aromatic N) is 4.